The van der Waals surface area contributed by atoms with Gasteiger partial charge in [0, 0.05) is 16.8 Å². The molecule has 3 rings (SSSR count). The number of nitrogens with one attached hydrogen (secondary N) is 2. The zero-order chi connectivity index (χ0) is 24.0. The van der Waals surface area contributed by atoms with Crippen LogP contribution in [0.3, 0.4) is 0 Å². The fraction of sp³-hybridized carbons (Fsp3) is 0.0476. The third-order valence-corrected chi connectivity index (χ3v) is 5.82. The molecule has 0 saturated heterocycles. The summed E-state index contributed by atoms with van der Waals surface area (Å²) in [5.74, 6) is -1.70. The molecule has 0 aromatic heterocycles. The van der Waals surface area contributed by atoms with Crippen molar-refractivity contribution in [1.82, 2.24) is 0 Å². The van der Waals surface area contributed by atoms with Gasteiger partial charge in [-0.1, -0.05) is 29.8 Å². The molecule has 0 spiro atoms. The van der Waals surface area contributed by atoms with Gasteiger partial charge in [-0.3, -0.25) is 19.6 Å². The summed E-state index contributed by atoms with van der Waals surface area (Å²) in [5.41, 5.74) is -0.129. The second-order valence-electron chi connectivity index (χ2n) is 6.54. The van der Waals surface area contributed by atoms with E-state index in [9.17, 15) is 28.1 Å². The Kier molecular flexibility index (Phi) is 7.26. The third kappa shape index (κ3) is 6.28. The van der Waals surface area contributed by atoms with Crippen molar-refractivity contribution in [3.8, 4) is 0 Å². The molecule has 12 heteroatoms. The van der Waals surface area contributed by atoms with E-state index in [-0.39, 0.29) is 26.9 Å². The van der Waals surface area contributed by atoms with Crippen molar-refractivity contribution in [2.24, 2.45) is 0 Å². The number of hydrogen-bond acceptors (Lipinski definition) is 7. The molecule has 1 amide bonds. The molecule has 2 N–H and O–H groups in total. The van der Waals surface area contributed by atoms with Gasteiger partial charge in [0.05, 0.1) is 15.4 Å². The van der Waals surface area contributed by atoms with Crippen molar-refractivity contribution >= 4 is 50.6 Å². The number of nitro groups is 1. The van der Waals surface area contributed by atoms with Gasteiger partial charge in [-0.15, -0.1) is 0 Å². The van der Waals surface area contributed by atoms with Crippen molar-refractivity contribution in [3.63, 3.8) is 0 Å². The lowest BCUT2D eigenvalue weighted by atomic mass is 10.2. The van der Waals surface area contributed by atoms with Crippen LogP contribution in [-0.4, -0.2) is 31.8 Å². The molecule has 0 unspecified atom stereocenters. The number of carbonyl (C=O) groups excluding carboxylic acids is 2. The van der Waals surface area contributed by atoms with Crippen molar-refractivity contribution in [1.29, 1.82) is 0 Å². The van der Waals surface area contributed by atoms with E-state index in [1.165, 1.54) is 36.4 Å². The number of halogens is 1. The normalized spacial score (nSPS) is 10.8. The number of para-hydroxylation sites is 1. The number of carbonyl (C=O) groups is 2. The van der Waals surface area contributed by atoms with Crippen molar-refractivity contribution in [2.45, 2.75) is 4.90 Å². The summed E-state index contributed by atoms with van der Waals surface area (Å²) >= 11 is 5.80. The lowest BCUT2D eigenvalue weighted by molar-refractivity contribution is -0.383. The molecule has 0 aliphatic rings. The summed E-state index contributed by atoms with van der Waals surface area (Å²) in [6.07, 6.45) is 0. The maximum atomic E-state index is 12.4. The standard InChI is InChI=1S/C21H16ClN3O7S/c22-15-8-11-19(25(28)29)18(12-15)23-20(26)13-32-21(27)14-6-9-17(10-7-14)33(30,31)24-16-4-2-1-3-5-16/h1-12,24H,13H2,(H,23,26). The lowest BCUT2D eigenvalue weighted by Crippen LogP contribution is -2.21. The highest BCUT2D eigenvalue weighted by molar-refractivity contribution is 7.92. The Bertz CT molecular complexity index is 1300. The molecule has 3 aromatic rings. The summed E-state index contributed by atoms with van der Waals surface area (Å²) in [4.78, 5) is 34.5. The van der Waals surface area contributed by atoms with Crippen LogP contribution in [0.5, 0.6) is 0 Å². The van der Waals surface area contributed by atoms with Gasteiger partial charge in [-0.2, -0.15) is 0 Å². The minimum Gasteiger partial charge on any atom is -0.452 e. The summed E-state index contributed by atoms with van der Waals surface area (Å²) in [5, 5.41) is 13.5. The van der Waals surface area contributed by atoms with Gasteiger partial charge in [-0.05, 0) is 48.5 Å². The van der Waals surface area contributed by atoms with Crippen LogP contribution < -0.4 is 10.0 Å². The zero-order valence-electron chi connectivity index (χ0n) is 16.7. The number of esters is 1. The van der Waals surface area contributed by atoms with Gasteiger partial charge in [0.25, 0.3) is 21.6 Å². The highest BCUT2D eigenvalue weighted by Gasteiger charge is 2.19. The topological polar surface area (TPSA) is 145 Å². The smallest absolute Gasteiger partial charge is 0.338 e. The first-order chi connectivity index (χ1) is 15.7. The molecule has 33 heavy (non-hydrogen) atoms. The molecule has 170 valence electrons. The van der Waals surface area contributed by atoms with Crippen molar-refractivity contribution in [2.75, 3.05) is 16.6 Å². The Morgan fingerprint density at radius 1 is 1.00 bits per heavy atom. The average molecular weight is 490 g/mol. The molecule has 0 fully saturated rings. The summed E-state index contributed by atoms with van der Waals surface area (Å²) < 4.78 is 32.2. The molecule has 0 aliphatic heterocycles. The molecular formula is C21H16ClN3O7S. The zero-order valence-corrected chi connectivity index (χ0v) is 18.3. The van der Waals surface area contributed by atoms with Crippen LogP contribution in [0.4, 0.5) is 17.1 Å². The van der Waals surface area contributed by atoms with Gasteiger partial charge in [0.2, 0.25) is 0 Å². The predicted molar refractivity (Wildman–Crippen MR) is 121 cm³/mol. The van der Waals surface area contributed by atoms with E-state index >= 15 is 0 Å². The molecule has 0 heterocycles. The molecule has 3 aromatic carbocycles. The fourth-order valence-corrected chi connectivity index (χ4v) is 3.89. The maximum absolute atomic E-state index is 12.4. The van der Waals surface area contributed by atoms with E-state index < -0.39 is 33.4 Å². The largest absolute Gasteiger partial charge is 0.452 e. The Morgan fingerprint density at radius 3 is 2.30 bits per heavy atom. The number of benzene rings is 3. The Balaban J connectivity index is 1.60. The van der Waals surface area contributed by atoms with Crippen LogP contribution in [0, 0.1) is 10.1 Å². The monoisotopic (exact) mass is 489 g/mol. The van der Waals surface area contributed by atoms with Gasteiger partial charge in [0.1, 0.15) is 5.69 Å². The minimum absolute atomic E-state index is 0.00944. The van der Waals surface area contributed by atoms with Crippen LogP contribution in [0.2, 0.25) is 5.02 Å². The van der Waals surface area contributed by atoms with Crippen molar-refractivity contribution < 1.29 is 27.7 Å². The Labute approximate surface area is 193 Å². The first-order valence-corrected chi connectivity index (χ1v) is 11.1. The molecule has 10 nitrogen and oxygen atoms in total. The highest BCUT2D eigenvalue weighted by atomic mass is 35.5. The quantitative estimate of drug-likeness (QED) is 0.277. The summed E-state index contributed by atoms with van der Waals surface area (Å²) in [6, 6.07) is 16.8. The van der Waals surface area contributed by atoms with Gasteiger partial charge in [0.15, 0.2) is 6.61 Å². The van der Waals surface area contributed by atoms with Crippen molar-refractivity contribution in [3.05, 3.63) is 93.5 Å². The molecule has 0 radical (unpaired) electrons. The Morgan fingerprint density at radius 2 is 1.67 bits per heavy atom. The van der Waals surface area contributed by atoms with Crippen LogP contribution in [-0.2, 0) is 19.6 Å². The number of ether oxygens (including phenoxy) is 1. The number of anilines is 2. The number of nitrogens with zero attached hydrogens (tertiary/aromatic N) is 1. The van der Waals surface area contributed by atoms with Gasteiger partial charge < -0.3 is 10.1 Å². The molecule has 0 atom stereocenters. The number of hydrogen-bond donors (Lipinski definition) is 2. The summed E-state index contributed by atoms with van der Waals surface area (Å²) in [6.45, 7) is -0.724. The van der Waals surface area contributed by atoms with E-state index in [1.54, 1.807) is 30.3 Å². The SMILES string of the molecule is O=C(COC(=O)c1ccc(S(=O)(=O)Nc2ccccc2)cc1)Nc1cc(Cl)ccc1[N+](=O)[O-]. The van der Waals surface area contributed by atoms with E-state index in [2.05, 4.69) is 10.0 Å². The third-order valence-electron chi connectivity index (χ3n) is 4.19. The van der Waals surface area contributed by atoms with E-state index in [0.29, 0.717) is 5.69 Å². The fourth-order valence-electron chi connectivity index (χ4n) is 2.66. The first kappa shape index (κ1) is 23.7. The number of sulfonamides is 1. The van der Waals surface area contributed by atoms with Crippen LogP contribution in [0.25, 0.3) is 0 Å². The first-order valence-electron chi connectivity index (χ1n) is 9.24. The number of amides is 1. The van der Waals surface area contributed by atoms with Crippen LogP contribution in [0.1, 0.15) is 10.4 Å². The second kappa shape index (κ2) is 10.1. The molecule has 0 saturated carbocycles. The van der Waals surface area contributed by atoms with Crippen LogP contribution >= 0.6 is 11.6 Å². The van der Waals surface area contributed by atoms with E-state index in [0.717, 1.165) is 6.07 Å². The second-order valence-corrected chi connectivity index (χ2v) is 8.66. The van der Waals surface area contributed by atoms with Gasteiger partial charge in [-0.25, -0.2) is 13.2 Å². The predicted octanol–water partition coefficient (Wildman–Crippen LogP) is 3.84. The minimum atomic E-state index is -3.86. The maximum Gasteiger partial charge on any atom is 0.338 e. The van der Waals surface area contributed by atoms with E-state index in [4.69, 9.17) is 16.3 Å². The van der Waals surface area contributed by atoms with Gasteiger partial charge >= 0.3 is 5.97 Å². The summed E-state index contributed by atoms with van der Waals surface area (Å²) in [7, 11) is -3.86. The highest BCUT2D eigenvalue weighted by Crippen LogP contribution is 2.27. The van der Waals surface area contributed by atoms with E-state index in [1.807, 2.05) is 0 Å². The molecule has 0 aliphatic carbocycles. The molecule has 0 bridgehead atoms. The Hall–Kier alpha value is -3.96. The number of rotatable bonds is 8. The molecular weight excluding hydrogens is 474 g/mol. The van der Waals surface area contributed by atoms with Crippen LogP contribution in [0.15, 0.2) is 77.7 Å². The number of nitro benzene ring substituents is 1. The lowest BCUT2D eigenvalue weighted by Gasteiger charge is -2.09. The average Bonchev–Trinajstić information content (AvgIpc) is 2.78.